The van der Waals surface area contributed by atoms with E-state index in [0.29, 0.717) is 33.9 Å². The Morgan fingerprint density at radius 3 is 2.83 bits per heavy atom. The fourth-order valence-electron chi connectivity index (χ4n) is 3.03. The minimum Gasteiger partial charge on any atom is -0.383 e. The van der Waals surface area contributed by atoms with Crippen LogP contribution in [0, 0.1) is 11.6 Å². The number of benzene rings is 2. The molecule has 0 spiro atoms. The lowest BCUT2D eigenvalue weighted by Gasteiger charge is -2.26. The minimum absolute atomic E-state index is 0.191. The van der Waals surface area contributed by atoms with Crippen molar-refractivity contribution >= 4 is 28.1 Å². The topological polar surface area (TPSA) is 57.8 Å². The molecule has 1 aliphatic rings. The zero-order valence-corrected chi connectivity index (χ0v) is 12.4. The van der Waals surface area contributed by atoms with Gasteiger partial charge in [-0.25, -0.2) is 13.9 Å². The fourth-order valence-corrected chi connectivity index (χ4v) is 3.19. The maximum Gasteiger partial charge on any atom is 0.272 e. The average molecular weight is 334 g/mol. The number of hydrogen-bond acceptors (Lipinski definition) is 3. The molecule has 0 radical (unpaired) electrons. The largest absolute Gasteiger partial charge is 0.383 e. The van der Waals surface area contributed by atoms with Gasteiger partial charge in [-0.05, 0) is 29.8 Å². The second-order valence-corrected chi connectivity index (χ2v) is 5.85. The normalized spacial score (nSPS) is 16.4. The molecule has 0 saturated heterocycles. The van der Waals surface area contributed by atoms with Crippen LogP contribution in [0.15, 0.2) is 35.1 Å². The highest BCUT2D eigenvalue weighted by Crippen LogP contribution is 2.37. The Morgan fingerprint density at radius 1 is 1.22 bits per heavy atom. The lowest BCUT2D eigenvalue weighted by Crippen LogP contribution is -2.25. The summed E-state index contributed by atoms with van der Waals surface area (Å²) >= 11 is 5.80. The first-order chi connectivity index (χ1) is 11.0. The first-order valence-corrected chi connectivity index (χ1v) is 7.33. The quantitative estimate of drug-likeness (QED) is 0.717. The number of hydrogen-bond donors (Lipinski definition) is 2. The van der Waals surface area contributed by atoms with Crippen LogP contribution < -0.4 is 10.9 Å². The molecule has 4 rings (SSSR count). The van der Waals surface area contributed by atoms with Crippen LogP contribution in [0.5, 0.6) is 0 Å². The molecule has 23 heavy (non-hydrogen) atoms. The van der Waals surface area contributed by atoms with Crippen LogP contribution in [0.2, 0.25) is 5.02 Å². The van der Waals surface area contributed by atoms with Crippen LogP contribution in [0.4, 0.5) is 14.5 Å². The number of aromatic amines is 1. The molecule has 1 aromatic heterocycles. The summed E-state index contributed by atoms with van der Waals surface area (Å²) in [6, 6.07) is 6.90. The summed E-state index contributed by atoms with van der Waals surface area (Å²) < 4.78 is 27.9. The Hall–Kier alpha value is -2.47. The number of nitrogens with one attached hydrogen (secondary N) is 2. The van der Waals surface area contributed by atoms with E-state index in [0.717, 1.165) is 6.07 Å². The lowest BCUT2D eigenvalue weighted by molar-refractivity contribution is 0.595. The second kappa shape index (κ2) is 5.03. The first kappa shape index (κ1) is 14.1. The number of halogens is 3. The standard InChI is InChI=1S/C16H10ClF2N3O/c17-7-1-2-9(12(19)3-7)11-6-20-13-5-8(18)4-10-14(13)15(11)21-22-16(10)23/h1-5,11,20H,6H2,(H,22,23)/t11-/m1/s1. The molecular formula is C16H10ClF2N3O. The van der Waals surface area contributed by atoms with Gasteiger partial charge in [0.05, 0.1) is 11.1 Å². The summed E-state index contributed by atoms with van der Waals surface area (Å²) in [6.07, 6.45) is 0. The highest BCUT2D eigenvalue weighted by Gasteiger charge is 2.28. The smallest absolute Gasteiger partial charge is 0.272 e. The first-order valence-electron chi connectivity index (χ1n) is 6.95. The molecule has 2 N–H and O–H groups in total. The molecule has 0 bridgehead atoms. The van der Waals surface area contributed by atoms with Crippen molar-refractivity contribution < 1.29 is 8.78 Å². The lowest BCUT2D eigenvalue weighted by atomic mass is 9.88. The predicted octanol–water partition coefficient (Wildman–Crippen LogP) is 3.41. The Labute approximate surface area is 134 Å². The van der Waals surface area contributed by atoms with E-state index in [1.165, 1.54) is 12.1 Å². The highest BCUT2D eigenvalue weighted by molar-refractivity contribution is 6.30. The molecule has 3 aromatic rings. The third kappa shape index (κ3) is 2.17. The molecular weight excluding hydrogens is 324 g/mol. The third-order valence-corrected chi connectivity index (χ3v) is 4.28. The van der Waals surface area contributed by atoms with Crippen LogP contribution in [-0.2, 0) is 0 Å². The molecule has 2 aromatic carbocycles. The molecule has 1 atom stereocenters. The molecule has 0 aliphatic carbocycles. The van der Waals surface area contributed by atoms with Crippen LogP contribution in [0.25, 0.3) is 10.8 Å². The molecule has 4 nitrogen and oxygen atoms in total. The minimum atomic E-state index is -0.515. The molecule has 0 amide bonds. The Kier molecular flexibility index (Phi) is 3.09. The van der Waals surface area contributed by atoms with Crippen molar-refractivity contribution in [2.24, 2.45) is 0 Å². The summed E-state index contributed by atoms with van der Waals surface area (Å²) in [5, 5.41) is 10.5. The van der Waals surface area contributed by atoms with Gasteiger partial charge in [0.25, 0.3) is 5.56 Å². The van der Waals surface area contributed by atoms with Crippen LogP contribution in [0.1, 0.15) is 17.2 Å². The van der Waals surface area contributed by atoms with Crippen molar-refractivity contribution in [2.75, 3.05) is 11.9 Å². The Balaban J connectivity index is 2.00. The summed E-state index contributed by atoms with van der Waals surface area (Å²) in [7, 11) is 0. The van der Waals surface area contributed by atoms with E-state index in [1.807, 2.05) is 0 Å². The van der Waals surface area contributed by atoms with Gasteiger partial charge in [-0.1, -0.05) is 17.7 Å². The van der Waals surface area contributed by atoms with Gasteiger partial charge in [-0.2, -0.15) is 5.10 Å². The van der Waals surface area contributed by atoms with Crippen LogP contribution in [-0.4, -0.2) is 16.7 Å². The van der Waals surface area contributed by atoms with E-state index < -0.39 is 23.1 Å². The summed E-state index contributed by atoms with van der Waals surface area (Å²) in [5.41, 5.74) is 0.926. The van der Waals surface area contributed by atoms with Crippen molar-refractivity contribution in [3.8, 4) is 0 Å². The van der Waals surface area contributed by atoms with Crippen molar-refractivity contribution in [1.82, 2.24) is 10.2 Å². The summed E-state index contributed by atoms with van der Waals surface area (Å²) in [4.78, 5) is 11.9. The van der Waals surface area contributed by atoms with Gasteiger partial charge in [-0.15, -0.1) is 0 Å². The molecule has 7 heteroatoms. The third-order valence-electron chi connectivity index (χ3n) is 4.05. The van der Waals surface area contributed by atoms with Gasteiger partial charge in [-0.3, -0.25) is 4.79 Å². The van der Waals surface area contributed by atoms with E-state index in [1.54, 1.807) is 12.1 Å². The number of rotatable bonds is 1. The van der Waals surface area contributed by atoms with E-state index in [-0.39, 0.29) is 5.39 Å². The maximum atomic E-state index is 14.3. The summed E-state index contributed by atoms with van der Waals surface area (Å²) in [6.45, 7) is 0.336. The number of nitrogens with zero attached hydrogens (tertiary/aromatic N) is 1. The molecule has 0 unspecified atom stereocenters. The Morgan fingerprint density at radius 2 is 2.04 bits per heavy atom. The van der Waals surface area contributed by atoms with Crippen molar-refractivity contribution in [3.63, 3.8) is 0 Å². The van der Waals surface area contributed by atoms with Crippen molar-refractivity contribution in [3.05, 3.63) is 68.6 Å². The molecule has 0 saturated carbocycles. The second-order valence-electron chi connectivity index (χ2n) is 5.41. The van der Waals surface area contributed by atoms with E-state index in [2.05, 4.69) is 15.5 Å². The number of aromatic nitrogens is 2. The van der Waals surface area contributed by atoms with Gasteiger partial charge in [0.15, 0.2) is 0 Å². The van der Waals surface area contributed by atoms with Crippen LogP contribution >= 0.6 is 11.6 Å². The summed E-state index contributed by atoms with van der Waals surface area (Å²) in [5.74, 6) is -1.38. The zero-order valence-electron chi connectivity index (χ0n) is 11.7. The van der Waals surface area contributed by atoms with Gasteiger partial charge in [0.2, 0.25) is 0 Å². The predicted molar refractivity (Wildman–Crippen MR) is 84.1 cm³/mol. The van der Waals surface area contributed by atoms with Crippen LogP contribution in [0.3, 0.4) is 0 Å². The highest BCUT2D eigenvalue weighted by atomic mass is 35.5. The molecule has 116 valence electrons. The van der Waals surface area contributed by atoms with Crippen molar-refractivity contribution in [1.29, 1.82) is 0 Å². The van der Waals surface area contributed by atoms with Gasteiger partial charge in [0.1, 0.15) is 11.6 Å². The fraction of sp³-hybridized carbons (Fsp3) is 0.125. The number of anilines is 1. The SMILES string of the molecule is O=c1[nH]nc2c3c(cc(F)cc13)NC[C@@H]2c1ccc(Cl)cc1F. The zero-order chi connectivity index (χ0) is 16.1. The molecule has 2 heterocycles. The van der Waals surface area contributed by atoms with Crippen molar-refractivity contribution in [2.45, 2.75) is 5.92 Å². The maximum absolute atomic E-state index is 14.3. The Bertz CT molecular complexity index is 1000. The average Bonchev–Trinajstić information content (AvgIpc) is 2.51. The van der Waals surface area contributed by atoms with Gasteiger partial charge < -0.3 is 5.32 Å². The van der Waals surface area contributed by atoms with E-state index in [9.17, 15) is 13.6 Å². The monoisotopic (exact) mass is 333 g/mol. The van der Waals surface area contributed by atoms with Gasteiger partial charge in [0, 0.05) is 28.6 Å². The van der Waals surface area contributed by atoms with Gasteiger partial charge >= 0.3 is 0 Å². The van der Waals surface area contributed by atoms with E-state index in [4.69, 9.17) is 11.6 Å². The number of H-pyrrole nitrogens is 1. The van der Waals surface area contributed by atoms with E-state index >= 15 is 0 Å². The molecule has 1 aliphatic heterocycles. The molecule has 0 fully saturated rings.